The molecule has 3 heterocycles. The van der Waals surface area contributed by atoms with Crippen molar-refractivity contribution in [2.24, 2.45) is 0 Å². The van der Waals surface area contributed by atoms with Crippen molar-refractivity contribution in [3.63, 3.8) is 0 Å². The van der Waals surface area contributed by atoms with Gasteiger partial charge in [0.25, 0.3) is 5.91 Å². The lowest BCUT2D eigenvalue weighted by Crippen LogP contribution is -2.50. The van der Waals surface area contributed by atoms with Crippen LogP contribution in [-0.2, 0) is 4.74 Å². The second kappa shape index (κ2) is 6.67. The van der Waals surface area contributed by atoms with Crippen molar-refractivity contribution in [2.75, 3.05) is 5.32 Å². The summed E-state index contributed by atoms with van der Waals surface area (Å²) in [6, 6.07) is 6.89. The Kier molecular flexibility index (Phi) is 4.51. The van der Waals surface area contributed by atoms with Gasteiger partial charge in [0, 0.05) is 21.2 Å². The number of hydrogen-bond donors (Lipinski definition) is 2. The summed E-state index contributed by atoms with van der Waals surface area (Å²) in [6.45, 7) is 8.74. The number of benzene rings is 1. The number of aromatic nitrogens is 1. The van der Waals surface area contributed by atoms with Crippen LogP contribution >= 0.6 is 11.3 Å². The highest BCUT2D eigenvalue weighted by atomic mass is 32.1. The number of pyridine rings is 1. The Morgan fingerprint density at radius 1 is 1.28 bits per heavy atom. The zero-order valence-electron chi connectivity index (χ0n) is 16.9. The lowest BCUT2D eigenvalue weighted by atomic mass is 10.1. The standard InChI is InChI=1S/C21H23N3O4S/c1-10-6-7-12-13(22-10)8-9-14-15(12)16-17(29-14)19(26)24(11(2)18(25)23-16)20(27)28-21(3,4)5/h6-9,11,18,23,25H,1-5H3/t11-,18?/m1/s1. The van der Waals surface area contributed by atoms with E-state index in [1.807, 2.05) is 31.2 Å². The smallest absolute Gasteiger partial charge is 0.417 e. The van der Waals surface area contributed by atoms with E-state index in [0.717, 1.165) is 31.6 Å². The number of anilines is 1. The molecular weight excluding hydrogens is 390 g/mol. The van der Waals surface area contributed by atoms with Gasteiger partial charge in [0.05, 0.1) is 17.2 Å². The van der Waals surface area contributed by atoms with Crippen LogP contribution in [0.15, 0.2) is 24.3 Å². The van der Waals surface area contributed by atoms with E-state index in [0.29, 0.717) is 10.6 Å². The molecule has 8 heteroatoms. The lowest BCUT2D eigenvalue weighted by Gasteiger charge is -2.30. The predicted molar refractivity (Wildman–Crippen MR) is 113 cm³/mol. The fourth-order valence-electron chi connectivity index (χ4n) is 3.46. The molecule has 1 unspecified atom stereocenters. The summed E-state index contributed by atoms with van der Waals surface area (Å²) in [4.78, 5) is 32.0. The molecular formula is C21H23N3O4S. The van der Waals surface area contributed by atoms with Crippen LogP contribution in [0.1, 0.15) is 43.1 Å². The number of fused-ring (bicyclic) bond motifs is 5. The van der Waals surface area contributed by atoms with Crippen molar-refractivity contribution >= 4 is 50.0 Å². The molecule has 2 N–H and O–H groups in total. The monoisotopic (exact) mass is 413 g/mol. The first-order valence-corrected chi connectivity index (χ1v) is 10.2. The van der Waals surface area contributed by atoms with E-state index in [1.54, 1.807) is 27.7 Å². The minimum absolute atomic E-state index is 0.363. The van der Waals surface area contributed by atoms with Crippen molar-refractivity contribution < 1.29 is 19.4 Å². The van der Waals surface area contributed by atoms with Crippen LogP contribution in [0.4, 0.5) is 10.5 Å². The Morgan fingerprint density at radius 2 is 2.00 bits per heavy atom. The normalized spacial score (nSPS) is 19.8. The summed E-state index contributed by atoms with van der Waals surface area (Å²) >= 11 is 1.28. The molecule has 0 radical (unpaired) electrons. The molecule has 0 saturated heterocycles. The number of rotatable bonds is 0. The Bertz CT molecular complexity index is 1150. The average molecular weight is 413 g/mol. The molecule has 3 aromatic rings. The van der Waals surface area contributed by atoms with Crippen LogP contribution < -0.4 is 5.32 Å². The zero-order chi connectivity index (χ0) is 21.1. The maximum absolute atomic E-state index is 13.3. The van der Waals surface area contributed by atoms with Crippen molar-refractivity contribution in [1.29, 1.82) is 0 Å². The van der Waals surface area contributed by atoms with Gasteiger partial charge in [-0.15, -0.1) is 11.3 Å². The number of aliphatic hydroxyl groups excluding tert-OH is 1. The highest BCUT2D eigenvalue weighted by molar-refractivity contribution is 7.21. The Hall–Kier alpha value is -2.71. The molecule has 152 valence electrons. The molecule has 1 aromatic carbocycles. The van der Waals surface area contributed by atoms with Gasteiger partial charge >= 0.3 is 6.09 Å². The number of aliphatic hydroxyl groups is 1. The molecule has 0 aliphatic carbocycles. The largest absolute Gasteiger partial charge is 0.443 e. The molecule has 2 aromatic heterocycles. The third kappa shape index (κ3) is 3.32. The SMILES string of the molecule is Cc1ccc2c(ccc3sc4c(c32)NC(O)[C@@H](C)N(C(=O)OC(C)(C)C)C4=O)n1. The Labute approximate surface area is 172 Å². The topological polar surface area (TPSA) is 91.8 Å². The highest BCUT2D eigenvalue weighted by Crippen LogP contribution is 2.42. The Morgan fingerprint density at radius 3 is 2.69 bits per heavy atom. The molecule has 2 amide bonds. The van der Waals surface area contributed by atoms with Gasteiger partial charge in [-0.3, -0.25) is 9.78 Å². The van der Waals surface area contributed by atoms with Gasteiger partial charge in [0.15, 0.2) is 0 Å². The maximum atomic E-state index is 13.3. The minimum atomic E-state index is -1.14. The molecule has 29 heavy (non-hydrogen) atoms. The van der Waals surface area contributed by atoms with E-state index in [2.05, 4.69) is 10.3 Å². The number of thiophene rings is 1. The number of aryl methyl sites for hydroxylation is 1. The quantitative estimate of drug-likeness (QED) is 0.572. The fourth-order valence-corrected chi connectivity index (χ4v) is 4.57. The first-order chi connectivity index (χ1) is 13.6. The van der Waals surface area contributed by atoms with Crippen LogP contribution in [0.2, 0.25) is 0 Å². The summed E-state index contributed by atoms with van der Waals surface area (Å²) < 4.78 is 6.29. The summed E-state index contributed by atoms with van der Waals surface area (Å²) in [5.41, 5.74) is 1.47. The van der Waals surface area contributed by atoms with Crippen molar-refractivity contribution in [3.8, 4) is 0 Å². The van der Waals surface area contributed by atoms with Crippen LogP contribution in [-0.4, -0.2) is 44.9 Å². The van der Waals surface area contributed by atoms with Crippen LogP contribution in [0, 0.1) is 6.92 Å². The molecule has 1 aliphatic heterocycles. The summed E-state index contributed by atoms with van der Waals surface area (Å²) in [5.74, 6) is -0.486. The van der Waals surface area contributed by atoms with Gasteiger partial charge in [-0.05, 0) is 52.8 Å². The van der Waals surface area contributed by atoms with Gasteiger partial charge < -0.3 is 15.2 Å². The first-order valence-electron chi connectivity index (χ1n) is 9.41. The third-order valence-corrected chi connectivity index (χ3v) is 5.96. The third-order valence-electron chi connectivity index (χ3n) is 4.82. The van der Waals surface area contributed by atoms with Gasteiger partial charge in [-0.2, -0.15) is 0 Å². The molecule has 0 fully saturated rings. The number of amides is 2. The van der Waals surface area contributed by atoms with E-state index in [-0.39, 0.29) is 0 Å². The fraction of sp³-hybridized carbons (Fsp3) is 0.381. The lowest BCUT2D eigenvalue weighted by molar-refractivity contribution is 0.00604. The number of nitrogens with one attached hydrogen (secondary N) is 1. The van der Waals surface area contributed by atoms with E-state index in [1.165, 1.54) is 11.3 Å². The van der Waals surface area contributed by atoms with Crippen LogP contribution in [0.3, 0.4) is 0 Å². The molecule has 0 saturated carbocycles. The van der Waals surface area contributed by atoms with Crippen molar-refractivity contribution in [1.82, 2.24) is 9.88 Å². The van der Waals surface area contributed by atoms with E-state index >= 15 is 0 Å². The molecule has 2 atom stereocenters. The number of nitrogens with zero attached hydrogens (tertiary/aromatic N) is 2. The second-order valence-corrected chi connectivity index (χ2v) is 9.30. The maximum Gasteiger partial charge on any atom is 0.417 e. The zero-order valence-corrected chi connectivity index (χ0v) is 17.8. The van der Waals surface area contributed by atoms with E-state index in [9.17, 15) is 14.7 Å². The Balaban J connectivity index is 1.90. The molecule has 0 bridgehead atoms. The number of carbonyl (C=O) groups excluding carboxylic acids is 2. The van der Waals surface area contributed by atoms with E-state index < -0.39 is 29.9 Å². The molecule has 0 spiro atoms. The summed E-state index contributed by atoms with van der Waals surface area (Å²) in [6.07, 6.45) is -1.91. The van der Waals surface area contributed by atoms with Gasteiger partial charge in [-0.25, -0.2) is 9.69 Å². The minimum Gasteiger partial charge on any atom is -0.443 e. The number of hydrogen-bond acceptors (Lipinski definition) is 7. The van der Waals surface area contributed by atoms with E-state index in [4.69, 9.17) is 4.74 Å². The average Bonchev–Trinajstić information content (AvgIpc) is 2.94. The highest BCUT2D eigenvalue weighted by Gasteiger charge is 2.40. The van der Waals surface area contributed by atoms with Gasteiger partial charge in [0.2, 0.25) is 0 Å². The van der Waals surface area contributed by atoms with Crippen LogP contribution in [0.5, 0.6) is 0 Å². The summed E-state index contributed by atoms with van der Waals surface area (Å²) in [5, 5.41) is 15.5. The number of imide groups is 1. The van der Waals surface area contributed by atoms with Crippen molar-refractivity contribution in [2.45, 2.75) is 52.5 Å². The first kappa shape index (κ1) is 19.6. The molecule has 4 rings (SSSR count). The molecule has 1 aliphatic rings. The predicted octanol–water partition coefficient (Wildman–Crippen LogP) is 4.27. The second-order valence-electron chi connectivity index (χ2n) is 8.25. The van der Waals surface area contributed by atoms with Gasteiger partial charge in [-0.1, -0.05) is 6.07 Å². The number of ether oxygens (including phenoxy) is 1. The number of carbonyl (C=O) groups is 2. The van der Waals surface area contributed by atoms with Crippen LogP contribution in [0.25, 0.3) is 21.0 Å². The van der Waals surface area contributed by atoms with Gasteiger partial charge in [0.1, 0.15) is 16.7 Å². The summed E-state index contributed by atoms with van der Waals surface area (Å²) in [7, 11) is 0. The molecule has 7 nitrogen and oxygen atoms in total. The van der Waals surface area contributed by atoms with Crippen molar-refractivity contribution in [3.05, 3.63) is 34.8 Å².